The molecule has 7 heteroatoms. The van der Waals surface area contributed by atoms with Crippen LogP contribution in [0.2, 0.25) is 5.02 Å². The maximum atomic E-state index is 12.6. The molecule has 0 amide bonds. The Morgan fingerprint density at radius 1 is 1.43 bits per heavy atom. The molecular weight excluding hydrogens is 312 g/mol. The Morgan fingerprint density at radius 3 is 2.71 bits per heavy atom. The number of hydrogen-bond acceptors (Lipinski definition) is 4. The summed E-state index contributed by atoms with van der Waals surface area (Å²) in [6, 6.07) is 6.19. The summed E-state index contributed by atoms with van der Waals surface area (Å²) in [5, 5.41) is 9.04. The SMILES string of the molecule is CN(CC1CCOCC1)S(=O)(=O)c1cc(C#N)ccc1Cl. The van der Waals surface area contributed by atoms with Crippen LogP contribution in [0.5, 0.6) is 0 Å². The van der Waals surface area contributed by atoms with Crippen LogP contribution in [-0.2, 0) is 14.8 Å². The van der Waals surface area contributed by atoms with Crippen molar-refractivity contribution in [2.45, 2.75) is 17.7 Å². The highest BCUT2D eigenvalue weighted by atomic mass is 35.5. The van der Waals surface area contributed by atoms with Gasteiger partial charge in [0.05, 0.1) is 16.7 Å². The number of hydrogen-bond donors (Lipinski definition) is 0. The van der Waals surface area contributed by atoms with Gasteiger partial charge in [-0.3, -0.25) is 0 Å². The number of sulfonamides is 1. The molecule has 0 atom stereocenters. The molecule has 5 nitrogen and oxygen atoms in total. The van der Waals surface area contributed by atoms with Gasteiger partial charge >= 0.3 is 0 Å². The van der Waals surface area contributed by atoms with E-state index in [4.69, 9.17) is 21.6 Å². The summed E-state index contributed by atoms with van der Waals surface area (Å²) in [4.78, 5) is -0.0159. The fourth-order valence-electron chi connectivity index (χ4n) is 2.33. The predicted molar refractivity (Wildman–Crippen MR) is 79.5 cm³/mol. The molecule has 0 unspecified atom stereocenters. The van der Waals surface area contributed by atoms with Crippen molar-refractivity contribution in [1.82, 2.24) is 4.31 Å². The zero-order valence-corrected chi connectivity index (χ0v) is 13.3. The average Bonchev–Trinajstić information content (AvgIpc) is 2.48. The van der Waals surface area contributed by atoms with Gasteiger partial charge in [0, 0.05) is 26.8 Å². The fourth-order valence-corrected chi connectivity index (χ4v) is 4.07. The normalized spacial score (nSPS) is 16.9. The van der Waals surface area contributed by atoms with E-state index in [0.29, 0.717) is 19.8 Å². The van der Waals surface area contributed by atoms with Crippen LogP contribution in [0.25, 0.3) is 0 Å². The minimum atomic E-state index is -3.69. The molecule has 0 spiro atoms. The fraction of sp³-hybridized carbons (Fsp3) is 0.500. The molecule has 0 aliphatic carbocycles. The molecule has 2 rings (SSSR count). The quantitative estimate of drug-likeness (QED) is 0.850. The molecule has 1 aromatic rings. The Kier molecular flexibility index (Phi) is 5.22. The Labute approximate surface area is 130 Å². The lowest BCUT2D eigenvalue weighted by Gasteiger charge is -2.27. The standard InChI is InChI=1S/C14H17ClN2O3S/c1-17(10-11-4-6-20-7-5-11)21(18,19)14-8-12(9-16)2-3-13(14)15/h2-3,8,11H,4-7,10H2,1H3. The number of rotatable bonds is 4. The molecule has 21 heavy (non-hydrogen) atoms. The van der Waals surface area contributed by atoms with Crippen molar-refractivity contribution in [2.24, 2.45) is 5.92 Å². The Balaban J connectivity index is 2.22. The van der Waals surface area contributed by atoms with Crippen molar-refractivity contribution in [3.8, 4) is 6.07 Å². The summed E-state index contributed by atoms with van der Waals surface area (Å²) in [5.41, 5.74) is 0.275. The van der Waals surface area contributed by atoms with Gasteiger partial charge in [-0.15, -0.1) is 0 Å². The van der Waals surface area contributed by atoms with E-state index in [1.807, 2.05) is 6.07 Å². The van der Waals surface area contributed by atoms with Gasteiger partial charge in [-0.1, -0.05) is 11.6 Å². The maximum Gasteiger partial charge on any atom is 0.244 e. The molecule has 1 aliphatic heterocycles. The predicted octanol–water partition coefficient (Wildman–Crippen LogP) is 2.26. The first-order chi connectivity index (χ1) is 9.95. The van der Waals surface area contributed by atoms with Crippen LogP contribution < -0.4 is 0 Å². The van der Waals surface area contributed by atoms with Crippen LogP contribution >= 0.6 is 11.6 Å². The van der Waals surface area contributed by atoms with Crippen LogP contribution in [-0.4, -0.2) is 39.5 Å². The van der Waals surface area contributed by atoms with E-state index < -0.39 is 10.0 Å². The van der Waals surface area contributed by atoms with Crippen LogP contribution in [0, 0.1) is 17.2 Å². The van der Waals surface area contributed by atoms with Gasteiger partial charge in [-0.05, 0) is 37.0 Å². The van der Waals surface area contributed by atoms with Crippen LogP contribution in [0.15, 0.2) is 23.1 Å². The van der Waals surface area contributed by atoms with Gasteiger partial charge in [0.15, 0.2) is 0 Å². The van der Waals surface area contributed by atoms with E-state index in [0.717, 1.165) is 12.8 Å². The van der Waals surface area contributed by atoms with E-state index >= 15 is 0 Å². The molecule has 0 aromatic heterocycles. The summed E-state index contributed by atoms with van der Waals surface area (Å²) in [6.45, 7) is 1.77. The highest BCUT2D eigenvalue weighted by Crippen LogP contribution is 2.26. The van der Waals surface area contributed by atoms with Gasteiger partial charge in [-0.25, -0.2) is 12.7 Å². The number of halogens is 1. The first-order valence-electron chi connectivity index (χ1n) is 6.69. The lowest BCUT2D eigenvalue weighted by Crippen LogP contribution is -2.34. The van der Waals surface area contributed by atoms with E-state index in [9.17, 15) is 8.42 Å². The number of nitrogens with zero attached hydrogens (tertiary/aromatic N) is 2. The van der Waals surface area contributed by atoms with Crippen LogP contribution in [0.1, 0.15) is 18.4 Å². The van der Waals surface area contributed by atoms with Crippen molar-refractivity contribution in [2.75, 3.05) is 26.8 Å². The topological polar surface area (TPSA) is 70.4 Å². The first-order valence-corrected chi connectivity index (χ1v) is 8.50. The van der Waals surface area contributed by atoms with Crippen molar-refractivity contribution in [3.05, 3.63) is 28.8 Å². The summed E-state index contributed by atoms with van der Waals surface area (Å²) < 4.78 is 31.8. The average molecular weight is 329 g/mol. The summed E-state index contributed by atoms with van der Waals surface area (Å²) in [6.07, 6.45) is 1.71. The Hall–Kier alpha value is -1.13. The van der Waals surface area contributed by atoms with Gasteiger partial charge < -0.3 is 4.74 Å². The van der Waals surface area contributed by atoms with Gasteiger partial charge in [-0.2, -0.15) is 5.26 Å². The van der Waals surface area contributed by atoms with Gasteiger partial charge in [0.2, 0.25) is 10.0 Å². The van der Waals surface area contributed by atoms with E-state index in [2.05, 4.69) is 0 Å². The van der Waals surface area contributed by atoms with Crippen molar-refractivity contribution in [3.63, 3.8) is 0 Å². The van der Waals surface area contributed by atoms with Crippen LogP contribution in [0.3, 0.4) is 0 Å². The molecule has 114 valence electrons. The van der Waals surface area contributed by atoms with Crippen molar-refractivity contribution < 1.29 is 13.2 Å². The molecule has 1 saturated heterocycles. The van der Waals surface area contributed by atoms with Crippen molar-refractivity contribution in [1.29, 1.82) is 5.26 Å². The largest absolute Gasteiger partial charge is 0.381 e. The monoisotopic (exact) mass is 328 g/mol. The summed E-state index contributed by atoms with van der Waals surface area (Å²) in [5.74, 6) is 0.288. The molecule has 0 radical (unpaired) electrons. The van der Waals surface area contributed by atoms with E-state index in [1.54, 1.807) is 7.05 Å². The van der Waals surface area contributed by atoms with Crippen molar-refractivity contribution >= 4 is 21.6 Å². The molecule has 0 N–H and O–H groups in total. The smallest absolute Gasteiger partial charge is 0.244 e. The van der Waals surface area contributed by atoms with E-state index in [-0.39, 0.29) is 21.4 Å². The second kappa shape index (κ2) is 6.75. The molecule has 1 aliphatic rings. The molecule has 0 saturated carbocycles. The zero-order valence-electron chi connectivity index (χ0n) is 11.8. The highest BCUT2D eigenvalue weighted by Gasteiger charge is 2.27. The van der Waals surface area contributed by atoms with Crippen LogP contribution in [0.4, 0.5) is 0 Å². The maximum absolute atomic E-state index is 12.6. The minimum Gasteiger partial charge on any atom is -0.381 e. The molecule has 1 fully saturated rings. The third kappa shape index (κ3) is 3.74. The molecule has 1 aromatic carbocycles. The third-order valence-electron chi connectivity index (χ3n) is 3.60. The number of nitriles is 1. The van der Waals surface area contributed by atoms with E-state index in [1.165, 1.54) is 22.5 Å². The van der Waals surface area contributed by atoms with Gasteiger partial charge in [0.25, 0.3) is 0 Å². The number of ether oxygens (including phenoxy) is 1. The minimum absolute atomic E-state index is 0.0159. The lowest BCUT2D eigenvalue weighted by molar-refractivity contribution is 0.0620. The second-order valence-electron chi connectivity index (χ2n) is 5.10. The second-order valence-corrected chi connectivity index (χ2v) is 7.52. The first kappa shape index (κ1) is 16.2. The summed E-state index contributed by atoms with van der Waals surface area (Å²) >= 11 is 5.99. The third-order valence-corrected chi connectivity index (χ3v) is 5.91. The zero-order chi connectivity index (χ0) is 15.5. The Bertz CT molecular complexity index is 649. The molecule has 0 bridgehead atoms. The molecular formula is C14H17ClN2O3S. The number of benzene rings is 1. The lowest BCUT2D eigenvalue weighted by atomic mass is 10.0. The Morgan fingerprint density at radius 2 is 2.10 bits per heavy atom. The van der Waals surface area contributed by atoms with Gasteiger partial charge in [0.1, 0.15) is 4.90 Å². The highest BCUT2D eigenvalue weighted by molar-refractivity contribution is 7.89. The molecule has 1 heterocycles. The summed E-state index contributed by atoms with van der Waals surface area (Å²) in [7, 11) is -2.15.